The van der Waals surface area contributed by atoms with Gasteiger partial charge in [-0.25, -0.2) is 4.79 Å². The minimum atomic E-state index is -1.25. The summed E-state index contributed by atoms with van der Waals surface area (Å²) in [4.78, 5) is 10.8. The Hall–Kier alpha value is -1.27. The van der Waals surface area contributed by atoms with Gasteiger partial charge in [0.2, 0.25) is 5.76 Å². The van der Waals surface area contributed by atoms with Gasteiger partial charge in [-0.1, -0.05) is 0 Å². The zero-order valence-electron chi connectivity index (χ0n) is 6.67. The normalized spacial score (nSPS) is 25.7. The Morgan fingerprint density at radius 1 is 1.54 bits per heavy atom. The minimum absolute atomic E-state index is 0.195. The van der Waals surface area contributed by atoms with E-state index in [0.717, 1.165) is 0 Å². The Kier molecular flexibility index (Phi) is 2.74. The summed E-state index contributed by atoms with van der Waals surface area (Å²) in [5.41, 5.74) is 0. The molecule has 13 heavy (non-hydrogen) atoms. The molecule has 6 heteroatoms. The van der Waals surface area contributed by atoms with E-state index in [1.165, 1.54) is 0 Å². The monoisotopic (exact) mass is 190 g/mol. The third-order valence-electron chi connectivity index (χ3n) is 1.74. The fourth-order valence-corrected chi connectivity index (χ4v) is 0.972. The molecule has 0 bridgehead atoms. The summed E-state index contributed by atoms with van der Waals surface area (Å²) < 4.78 is 4.50. The highest BCUT2D eigenvalue weighted by Crippen LogP contribution is 2.20. The summed E-state index contributed by atoms with van der Waals surface area (Å²) in [6.07, 6.45) is -2.45. The van der Waals surface area contributed by atoms with Crippen molar-refractivity contribution < 1.29 is 30.0 Å². The number of hydrogen-bond donors (Lipinski definition) is 4. The highest BCUT2D eigenvalue weighted by molar-refractivity contribution is 5.87. The van der Waals surface area contributed by atoms with Gasteiger partial charge >= 0.3 is 5.97 Å². The maximum absolute atomic E-state index is 10.8. The Balaban J connectivity index is 2.73. The number of cyclic esters (lactones) is 1. The molecule has 0 spiro atoms. The van der Waals surface area contributed by atoms with Gasteiger partial charge in [0.05, 0.1) is 6.61 Å². The molecule has 0 aromatic heterocycles. The maximum Gasteiger partial charge on any atom is 0.377 e. The van der Waals surface area contributed by atoms with E-state index >= 15 is 0 Å². The van der Waals surface area contributed by atoms with Crippen LogP contribution in [0.15, 0.2) is 11.5 Å². The number of ether oxygens (including phenoxy) is 1. The smallest absolute Gasteiger partial charge is 0.377 e. The van der Waals surface area contributed by atoms with Crippen molar-refractivity contribution in [3.8, 4) is 0 Å². The van der Waals surface area contributed by atoms with Crippen LogP contribution in [0.4, 0.5) is 0 Å². The average Bonchev–Trinajstić information content (AvgIpc) is 2.12. The van der Waals surface area contributed by atoms with Crippen molar-refractivity contribution in [2.45, 2.75) is 18.6 Å². The van der Waals surface area contributed by atoms with Gasteiger partial charge in [0.15, 0.2) is 0 Å². The first-order valence-corrected chi connectivity index (χ1v) is 3.67. The maximum atomic E-state index is 10.8. The molecule has 0 aliphatic carbocycles. The fourth-order valence-electron chi connectivity index (χ4n) is 0.972. The summed E-state index contributed by atoms with van der Waals surface area (Å²) >= 11 is 0. The van der Waals surface area contributed by atoms with Crippen LogP contribution in [0.1, 0.15) is 6.42 Å². The Morgan fingerprint density at radius 2 is 2.15 bits per heavy atom. The standard InChI is InChI=1S/C7H10O6/c8-2-4(10)5-1-3(9)6(11)7(12)13-5/h4-5,8-11H,1-2H2/t4-,5+/m1/s1. The Bertz CT molecular complexity index is 245. The lowest BCUT2D eigenvalue weighted by Crippen LogP contribution is -2.38. The van der Waals surface area contributed by atoms with Crippen LogP contribution in [0.3, 0.4) is 0 Å². The average molecular weight is 190 g/mol. The molecule has 2 atom stereocenters. The molecule has 0 aromatic carbocycles. The Labute approximate surface area is 73.7 Å². The predicted molar refractivity (Wildman–Crippen MR) is 39.9 cm³/mol. The van der Waals surface area contributed by atoms with E-state index in [4.69, 9.17) is 20.4 Å². The van der Waals surface area contributed by atoms with Crippen LogP contribution < -0.4 is 0 Å². The molecule has 0 amide bonds. The zero-order valence-corrected chi connectivity index (χ0v) is 6.67. The molecular weight excluding hydrogens is 180 g/mol. The lowest BCUT2D eigenvalue weighted by atomic mass is 10.1. The van der Waals surface area contributed by atoms with Gasteiger partial charge in [0, 0.05) is 6.42 Å². The lowest BCUT2D eigenvalue weighted by Gasteiger charge is -2.24. The minimum Gasteiger partial charge on any atom is -0.508 e. The van der Waals surface area contributed by atoms with Crippen molar-refractivity contribution in [1.82, 2.24) is 0 Å². The van der Waals surface area contributed by atoms with Crippen LogP contribution in [0.2, 0.25) is 0 Å². The van der Waals surface area contributed by atoms with Gasteiger partial charge in [-0.2, -0.15) is 0 Å². The molecular formula is C7H10O6. The van der Waals surface area contributed by atoms with Gasteiger partial charge in [-0.3, -0.25) is 0 Å². The molecule has 1 rings (SSSR count). The van der Waals surface area contributed by atoms with E-state index in [-0.39, 0.29) is 6.42 Å². The Morgan fingerprint density at radius 3 is 2.62 bits per heavy atom. The van der Waals surface area contributed by atoms with Crippen molar-refractivity contribution in [3.63, 3.8) is 0 Å². The third-order valence-corrected chi connectivity index (χ3v) is 1.74. The molecule has 0 aromatic rings. The first kappa shape index (κ1) is 9.82. The van der Waals surface area contributed by atoms with Gasteiger partial charge in [-0.05, 0) is 0 Å². The van der Waals surface area contributed by atoms with Gasteiger partial charge in [0.25, 0.3) is 0 Å². The fraction of sp³-hybridized carbons (Fsp3) is 0.571. The quantitative estimate of drug-likeness (QED) is 0.415. The van der Waals surface area contributed by atoms with E-state index < -0.39 is 36.3 Å². The number of carbonyl (C=O) groups excluding carboxylic acids is 1. The number of hydrogen-bond acceptors (Lipinski definition) is 6. The number of rotatable bonds is 2. The molecule has 74 valence electrons. The second kappa shape index (κ2) is 3.63. The third kappa shape index (κ3) is 1.90. The molecule has 0 saturated heterocycles. The first-order valence-electron chi connectivity index (χ1n) is 3.67. The van der Waals surface area contributed by atoms with Crippen LogP contribution in [-0.2, 0) is 9.53 Å². The van der Waals surface area contributed by atoms with Gasteiger partial charge in [-0.15, -0.1) is 0 Å². The lowest BCUT2D eigenvalue weighted by molar-refractivity contribution is -0.158. The number of carbonyl (C=O) groups is 1. The molecule has 1 aliphatic heterocycles. The molecule has 6 nitrogen and oxygen atoms in total. The topological polar surface area (TPSA) is 107 Å². The summed E-state index contributed by atoms with van der Waals surface area (Å²) in [5, 5.41) is 35.4. The molecule has 0 unspecified atom stereocenters. The SMILES string of the molecule is O=C1O[C@H]([C@H](O)CO)CC(O)=C1O. The van der Waals surface area contributed by atoms with Crippen LogP contribution in [-0.4, -0.2) is 45.2 Å². The predicted octanol–water partition coefficient (Wildman–Crippen LogP) is -1.02. The largest absolute Gasteiger partial charge is 0.508 e. The molecule has 1 heterocycles. The van der Waals surface area contributed by atoms with Crippen LogP contribution in [0.25, 0.3) is 0 Å². The number of aliphatic hydroxyl groups excluding tert-OH is 4. The van der Waals surface area contributed by atoms with E-state index in [1.54, 1.807) is 0 Å². The molecule has 0 radical (unpaired) electrons. The van der Waals surface area contributed by atoms with Crippen molar-refractivity contribution in [2.24, 2.45) is 0 Å². The van der Waals surface area contributed by atoms with Gasteiger partial charge in [0.1, 0.15) is 18.0 Å². The van der Waals surface area contributed by atoms with Crippen molar-refractivity contribution in [2.75, 3.05) is 6.61 Å². The molecule has 4 N–H and O–H groups in total. The van der Waals surface area contributed by atoms with Crippen molar-refractivity contribution >= 4 is 5.97 Å². The summed E-state index contributed by atoms with van der Waals surface area (Å²) in [6.45, 7) is -0.577. The van der Waals surface area contributed by atoms with E-state index in [2.05, 4.69) is 4.74 Å². The van der Waals surface area contributed by atoms with Crippen molar-refractivity contribution in [3.05, 3.63) is 11.5 Å². The number of esters is 1. The van der Waals surface area contributed by atoms with Crippen molar-refractivity contribution in [1.29, 1.82) is 0 Å². The molecule has 0 fully saturated rings. The highest BCUT2D eigenvalue weighted by Gasteiger charge is 2.32. The summed E-state index contributed by atoms with van der Waals surface area (Å²) in [6, 6.07) is 0. The summed E-state index contributed by atoms with van der Waals surface area (Å²) in [5.74, 6) is -2.48. The van der Waals surface area contributed by atoms with E-state index in [0.29, 0.717) is 0 Å². The second-order valence-electron chi connectivity index (χ2n) is 2.69. The van der Waals surface area contributed by atoms with Crippen LogP contribution >= 0.6 is 0 Å². The van der Waals surface area contributed by atoms with Crippen LogP contribution in [0, 0.1) is 0 Å². The number of aliphatic hydroxyl groups is 4. The molecule has 1 aliphatic rings. The second-order valence-corrected chi connectivity index (χ2v) is 2.69. The van der Waals surface area contributed by atoms with Gasteiger partial charge < -0.3 is 25.2 Å². The molecule has 0 saturated carbocycles. The summed E-state index contributed by atoms with van der Waals surface area (Å²) in [7, 11) is 0. The van der Waals surface area contributed by atoms with E-state index in [9.17, 15) is 4.79 Å². The van der Waals surface area contributed by atoms with E-state index in [1.807, 2.05) is 0 Å². The first-order chi connectivity index (χ1) is 6.06. The van der Waals surface area contributed by atoms with Crippen LogP contribution in [0.5, 0.6) is 0 Å². The zero-order chi connectivity index (χ0) is 10.0. The highest BCUT2D eigenvalue weighted by atomic mass is 16.6.